The third-order valence-corrected chi connectivity index (χ3v) is 2.51. The van der Waals surface area contributed by atoms with Crippen LogP contribution in [0.5, 0.6) is 0 Å². The predicted molar refractivity (Wildman–Crippen MR) is 82.7 cm³/mol. The number of nitrogens with two attached hydrogens (primary N) is 1. The van der Waals surface area contributed by atoms with Gasteiger partial charge >= 0.3 is 0 Å². The van der Waals surface area contributed by atoms with E-state index in [1.807, 2.05) is 0 Å². The zero-order chi connectivity index (χ0) is 15.4. The zero-order valence-electron chi connectivity index (χ0n) is 13.5. The maximum atomic E-state index is 5.48. The standard InChI is InChI=1S/C15H33NO5/c1-2-6-17-12-13-19-9-3-7-18-8-4-10-20-14-15-21-11-5-16/h2-16H2,1H3. The minimum absolute atomic E-state index is 0.559. The van der Waals surface area contributed by atoms with Gasteiger partial charge in [-0.2, -0.15) is 0 Å². The second-order valence-electron chi connectivity index (χ2n) is 4.56. The molecule has 6 nitrogen and oxygen atoms in total. The van der Waals surface area contributed by atoms with Gasteiger partial charge in [0.2, 0.25) is 0 Å². The lowest BCUT2D eigenvalue weighted by Gasteiger charge is -2.07. The van der Waals surface area contributed by atoms with Crippen LogP contribution in [0.3, 0.4) is 0 Å². The Bertz CT molecular complexity index is 165. The largest absolute Gasteiger partial charge is 0.381 e. The van der Waals surface area contributed by atoms with Gasteiger partial charge in [0, 0.05) is 39.6 Å². The smallest absolute Gasteiger partial charge is 0.0701 e. The molecule has 0 amide bonds. The Kier molecular flexibility index (Phi) is 19.5. The van der Waals surface area contributed by atoms with Crippen LogP contribution in [-0.2, 0) is 23.7 Å². The predicted octanol–water partition coefficient (Wildman–Crippen LogP) is 1.22. The third kappa shape index (κ3) is 19.8. The van der Waals surface area contributed by atoms with Gasteiger partial charge in [0.05, 0.1) is 33.0 Å². The molecule has 0 aromatic rings. The van der Waals surface area contributed by atoms with Crippen LogP contribution in [0.2, 0.25) is 0 Å². The van der Waals surface area contributed by atoms with Gasteiger partial charge in [-0.25, -0.2) is 0 Å². The monoisotopic (exact) mass is 307 g/mol. The lowest BCUT2D eigenvalue weighted by molar-refractivity contribution is 0.0260. The van der Waals surface area contributed by atoms with Crippen LogP contribution in [0.4, 0.5) is 0 Å². The Morgan fingerprint density at radius 3 is 1.33 bits per heavy atom. The van der Waals surface area contributed by atoms with E-state index in [0.29, 0.717) is 46.2 Å². The molecular weight excluding hydrogens is 274 g/mol. The van der Waals surface area contributed by atoms with Crippen LogP contribution in [0.1, 0.15) is 26.2 Å². The Balaban J connectivity index is 2.90. The van der Waals surface area contributed by atoms with Gasteiger partial charge in [-0.3, -0.25) is 0 Å². The number of hydrogen-bond acceptors (Lipinski definition) is 6. The van der Waals surface area contributed by atoms with E-state index in [0.717, 1.165) is 45.7 Å². The molecule has 0 aliphatic rings. The summed E-state index contributed by atoms with van der Waals surface area (Å²) >= 11 is 0. The first kappa shape index (κ1) is 20.8. The lowest BCUT2D eigenvalue weighted by atomic mass is 10.4. The van der Waals surface area contributed by atoms with Gasteiger partial charge in [-0.05, 0) is 19.3 Å². The van der Waals surface area contributed by atoms with Gasteiger partial charge in [-0.1, -0.05) is 6.92 Å². The first-order valence-electron chi connectivity index (χ1n) is 8.00. The number of hydrogen-bond donors (Lipinski definition) is 1. The van der Waals surface area contributed by atoms with Crippen molar-refractivity contribution in [2.75, 3.05) is 72.6 Å². The van der Waals surface area contributed by atoms with E-state index in [2.05, 4.69) is 6.92 Å². The van der Waals surface area contributed by atoms with Gasteiger partial charge in [0.15, 0.2) is 0 Å². The summed E-state index contributed by atoms with van der Waals surface area (Å²) in [4.78, 5) is 0. The van der Waals surface area contributed by atoms with Crippen LogP contribution in [0.25, 0.3) is 0 Å². The van der Waals surface area contributed by atoms with Gasteiger partial charge in [0.1, 0.15) is 0 Å². The molecule has 0 aliphatic heterocycles. The van der Waals surface area contributed by atoms with E-state index in [1.54, 1.807) is 0 Å². The summed E-state index contributed by atoms with van der Waals surface area (Å²) in [7, 11) is 0. The fourth-order valence-electron chi connectivity index (χ4n) is 1.50. The van der Waals surface area contributed by atoms with Crippen LogP contribution in [-0.4, -0.2) is 72.6 Å². The number of ether oxygens (including phenoxy) is 5. The Morgan fingerprint density at radius 2 is 0.905 bits per heavy atom. The summed E-state index contributed by atoms with van der Waals surface area (Å²) in [6.45, 7) is 9.53. The molecule has 21 heavy (non-hydrogen) atoms. The molecule has 0 bridgehead atoms. The highest BCUT2D eigenvalue weighted by Crippen LogP contribution is 1.90. The van der Waals surface area contributed by atoms with Crippen molar-refractivity contribution >= 4 is 0 Å². The Labute approximate surface area is 129 Å². The molecule has 0 aromatic carbocycles. The average Bonchev–Trinajstić information content (AvgIpc) is 2.50. The maximum absolute atomic E-state index is 5.48. The molecule has 0 radical (unpaired) electrons. The summed E-state index contributed by atoms with van der Waals surface area (Å²) in [6, 6.07) is 0. The molecule has 128 valence electrons. The molecule has 0 heterocycles. The normalized spacial score (nSPS) is 11.1. The molecule has 0 atom stereocenters. The molecule has 2 N–H and O–H groups in total. The molecule has 0 spiro atoms. The van der Waals surface area contributed by atoms with E-state index in [4.69, 9.17) is 29.4 Å². The second-order valence-corrected chi connectivity index (χ2v) is 4.56. The Hall–Kier alpha value is -0.240. The maximum Gasteiger partial charge on any atom is 0.0701 e. The molecule has 6 heteroatoms. The second kappa shape index (κ2) is 19.8. The fourth-order valence-corrected chi connectivity index (χ4v) is 1.50. The third-order valence-electron chi connectivity index (χ3n) is 2.51. The Morgan fingerprint density at radius 1 is 0.524 bits per heavy atom. The number of rotatable bonds is 18. The quantitative estimate of drug-likeness (QED) is 0.384. The van der Waals surface area contributed by atoms with Crippen molar-refractivity contribution in [2.24, 2.45) is 5.73 Å². The van der Waals surface area contributed by atoms with Crippen molar-refractivity contribution in [3.8, 4) is 0 Å². The molecule has 0 aliphatic carbocycles. The highest BCUT2D eigenvalue weighted by Gasteiger charge is 1.93. The van der Waals surface area contributed by atoms with Gasteiger partial charge < -0.3 is 29.4 Å². The van der Waals surface area contributed by atoms with E-state index in [9.17, 15) is 0 Å². The van der Waals surface area contributed by atoms with Crippen LogP contribution in [0.15, 0.2) is 0 Å². The van der Waals surface area contributed by atoms with Crippen LogP contribution < -0.4 is 5.73 Å². The molecule has 0 unspecified atom stereocenters. The van der Waals surface area contributed by atoms with Crippen LogP contribution in [0, 0.1) is 0 Å². The van der Waals surface area contributed by atoms with E-state index in [1.165, 1.54) is 0 Å². The van der Waals surface area contributed by atoms with E-state index >= 15 is 0 Å². The SMILES string of the molecule is CCCOCCOCCCOCCCOCCOCCN. The summed E-state index contributed by atoms with van der Waals surface area (Å²) < 4.78 is 26.8. The van der Waals surface area contributed by atoms with E-state index < -0.39 is 0 Å². The van der Waals surface area contributed by atoms with Crippen molar-refractivity contribution in [1.29, 1.82) is 0 Å². The molecule has 0 rings (SSSR count). The first-order chi connectivity index (χ1) is 10.4. The van der Waals surface area contributed by atoms with Crippen molar-refractivity contribution in [1.82, 2.24) is 0 Å². The van der Waals surface area contributed by atoms with Crippen molar-refractivity contribution < 1.29 is 23.7 Å². The minimum Gasteiger partial charge on any atom is -0.381 e. The molecule has 0 fully saturated rings. The minimum atomic E-state index is 0.559. The van der Waals surface area contributed by atoms with Crippen molar-refractivity contribution in [3.05, 3.63) is 0 Å². The topological polar surface area (TPSA) is 72.2 Å². The summed E-state index contributed by atoms with van der Waals surface area (Å²) in [5.41, 5.74) is 5.30. The first-order valence-corrected chi connectivity index (χ1v) is 8.00. The van der Waals surface area contributed by atoms with Crippen LogP contribution >= 0.6 is 0 Å². The van der Waals surface area contributed by atoms with Crippen molar-refractivity contribution in [3.63, 3.8) is 0 Å². The molecule has 0 saturated heterocycles. The summed E-state index contributed by atoms with van der Waals surface area (Å²) in [6.07, 6.45) is 2.88. The van der Waals surface area contributed by atoms with Gasteiger partial charge in [0.25, 0.3) is 0 Å². The van der Waals surface area contributed by atoms with E-state index in [-0.39, 0.29) is 0 Å². The lowest BCUT2D eigenvalue weighted by Crippen LogP contribution is -2.12. The van der Waals surface area contributed by atoms with Crippen molar-refractivity contribution in [2.45, 2.75) is 26.2 Å². The zero-order valence-corrected chi connectivity index (χ0v) is 13.5. The van der Waals surface area contributed by atoms with Gasteiger partial charge in [-0.15, -0.1) is 0 Å². The summed E-state index contributed by atoms with van der Waals surface area (Å²) in [5.74, 6) is 0. The summed E-state index contributed by atoms with van der Waals surface area (Å²) in [5, 5.41) is 0. The molecular formula is C15H33NO5. The fraction of sp³-hybridized carbons (Fsp3) is 1.00. The molecule has 0 aromatic heterocycles. The highest BCUT2D eigenvalue weighted by atomic mass is 16.5. The highest BCUT2D eigenvalue weighted by molar-refractivity contribution is 4.39. The molecule has 0 saturated carbocycles. The average molecular weight is 307 g/mol.